The van der Waals surface area contributed by atoms with Gasteiger partial charge in [0, 0.05) is 12.3 Å². The topological polar surface area (TPSA) is 50.4 Å². The van der Waals surface area contributed by atoms with Gasteiger partial charge < -0.3 is 5.43 Å². The van der Waals surface area contributed by atoms with Crippen LogP contribution < -0.4 is 11.3 Å². The van der Waals surface area contributed by atoms with E-state index in [9.17, 15) is 0 Å². The van der Waals surface area contributed by atoms with E-state index in [0.717, 1.165) is 5.84 Å². The zero-order valence-electron chi connectivity index (χ0n) is 3.18. The van der Waals surface area contributed by atoms with Crippen LogP contribution in [0.2, 0.25) is 0 Å². The average Bonchev–Trinajstić information content (AvgIpc) is 1.31. The lowest BCUT2D eigenvalue weighted by Gasteiger charge is -2.00. The zero-order chi connectivity index (χ0) is 4.41. The minimum absolute atomic E-state index is 0.745. The van der Waals surface area contributed by atoms with Crippen molar-refractivity contribution in [2.45, 2.75) is 0 Å². The maximum atomic E-state index is 4.90. The molecule has 0 spiro atoms. The first-order valence-corrected chi connectivity index (χ1v) is 1.64. The van der Waals surface area contributed by atoms with E-state index in [4.69, 9.17) is 5.84 Å². The molecule has 0 fully saturated rings. The number of rotatable bonds is 0. The van der Waals surface area contributed by atoms with Crippen LogP contribution in [0.4, 0.5) is 0 Å². The van der Waals surface area contributed by atoms with E-state index in [0.29, 0.717) is 0 Å². The minimum Gasteiger partial charge on any atom is -0.308 e. The van der Waals surface area contributed by atoms with Crippen molar-refractivity contribution < 1.29 is 0 Å². The molecule has 0 aromatic rings. The van der Waals surface area contributed by atoms with Gasteiger partial charge in [-0.05, 0) is 0 Å². The molecule has 0 unspecified atom stereocenters. The fourth-order valence-corrected chi connectivity index (χ4v) is 0.234. The highest BCUT2D eigenvalue weighted by Gasteiger charge is 1.91. The summed E-state index contributed by atoms with van der Waals surface area (Å²) in [7, 11) is 0. The Labute approximate surface area is 35.5 Å². The second kappa shape index (κ2) is 1.10. The van der Waals surface area contributed by atoms with Crippen molar-refractivity contribution in [1.82, 2.24) is 5.43 Å². The van der Waals surface area contributed by atoms with Crippen molar-refractivity contribution >= 4 is 5.84 Å². The molecule has 6 heavy (non-hydrogen) atoms. The van der Waals surface area contributed by atoms with Gasteiger partial charge in [0.2, 0.25) is 0 Å². The van der Waals surface area contributed by atoms with E-state index in [1.807, 2.05) is 0 Å². The van der Waals surface area contributed by atoms with E-state index < -0.39 is 0 Å². The molecule has 1 aliphatic rings. The Morgan fingerprint density at radius 1 is 1.83 bits per heavy atom. The molecule has 0 bridgehead atoms. The smallest absolute Gasteiger partial charge is 0.141 e. The van der Waals surface area contributed by atoms with Gasteiger partial charge in [0.1, 0.15) is 5.84 Å². The summed E-state index contributed by atoms with van der Waals surface area (Å²) in [5, 5.41) is 0. The first kappa shape index (κ1) is 3.36. The highest BCUT2D eigenvalue weighted by Crippen LogP contribution is 1.87. The van der Waals surface area contributed by atoms with Crippen molar-refractivity contribution in [3.63, 3.8) is 0 Å². The Balaban J connectivity index is 2.37. The standard InChI is InChI=1S/C3H5N3/c4-6-3-1-2-5-3/h1-2H,4H2,(H,5,6). The quantitative estimate of drug-likeness (QED) is 0.303. The summed E-state index contributed by atoms with van der Waals surface area (Å²) in [5.74, 6) is 5.65. The third kappa shape index (κ3) is 0.290. The molecule has 3 nitrogen and oxygen atoms in total. The molecule has 0 aromatic heterocycles. The summed E-state index contributed by atoms with van der Waals surface area (Å²) in [5.41, 5.74) is 2.36. The van der Waals surface area contributed by atoms with Crippen LogP contribution >= 0.6 is 0 Å². The van der Waals surface area contributed by atoms with E-state index in [1.165, 1.54) is 0 Å². The summed E-state index contributed by atoms with van der Waals surface area (Å²) in [6, 6.07) is 0. The van der Waals surface area contributed by atoms with Crippen molar-refractivity contribution in [2.24, 2.45) is 10.8 Å². The van der Waals surface area contributed by atoms with E-state index >= 15 is 0 Å². The van der Waals surface area contributed by atoms with Crippen LogP contribution in [0.3, 0.4) is 0 Å². The Morgan fingerprint density at radius 3 is 2.50 bits per heavy atom. The van der Waals surface area contributed by atoms with Crippen LogP contribution in [-0.4, -0.2) is 5.84 Å². The molecule has 3 N–H and O–H groups in total. The third-order valence-electron chi connectivity index (χ3n) is 0.594. The van der Waals surface area contributed by atoms with Crippen LogP contribution in [0.15, 0.2) is 17.3 Å². The highest BCUT2D eigenvalue weighted by molar-refractivity contribution is 5.96. The summed E-state index contributed by atoms with van der Waals surface area (Å²) < 4.78 is 0. The Morgan fingerprint density at radius 2 is 2.50 bits per heavy atom. The number of amidine groups is 1. The Kier molecular flexibility index (Phi) is 0.617. The first-order chi connectivity index (χ1) is 2.93. The van der Waals surface area contributed by atoms with E-state index in [-0.39, 0.29) is 0 Å². The first-order valence-electron chi connectivity index (χ1n) is 1.64. The number of nitrogens with two attached hydrogens (primary N) is 1. The van der Waals surface area contributed by atoms with Crippen LogP contribution in [0, 0.1) is 0 Å². The number of hydrogen-bond acceptors (Lipinski definition) is 3. The maximum absolute atomic E-state index is 4.90. The molecule has 0 aliphatic carbocycles. The number of aliphatic imine (C=N–C) groups is 1. The number of nitrogens with zero attached hydrogens (tertiary/aromatic N) is 1. The van der Waals surface area contributed by atoms with Crippen LogP contribution in [0.5, 0.6) is 0 Å². The SMILES string of the molecule is NNC1=NC=C1. The molecule has 0 amide bonds. The van der Waals surface area contributed by atoms with E-state index in [2.05, 4.69) is 10.4 Å². The lowest BCUT2D eigenvalue weighted by molar-refractivity contribution is 1.02. The van der Waals surface area contributed by atoms with Crippen LogP contribution in [0.1, 0.15) is 0 Å². The minimum atomic E-state index is 0.745. The lowest BCUT2D eigenvalue weighted by Crippen LogP contribution is -2.30. The predicted octanol–water partition coefficient (Wildman–Crippen LogP) is -0.625. The van der Waals surface area contributed by atoms with Gasteiger partial charge in [-0.3, -0.25) is 0 Å². The second-order valence-electron chi connectivity index (χ2n) is 0.974. The highest BCUT2D eigenvalue weighted by atomic mass is 15.3. The second-order valence-corrected chi connectivity index (χ2v) is 0.974. The molecule has 32 valence electrons. The normalized spacial score (nSPS) is 15.8. The summed E-state index contributed by atoms with van der Waals surface area (Å²) in [4.78, 5) is 3.69. The molecular weight excluding hydrogens is 78.1 g/mol. The Bertz CT molecular complexity index is 103. The van der Waals surface area contributed by atoms with Crippen LogP contribution in [0.25, 0.3) is 0 Å². The fourth-order valence-electron chi connectivity index (χ4n) is 0.234. The van der Waals surface area contributed by atoms with Gasteiger partial charge in [0.15, 0.2) is 0 Å². The molecule has 0 aromatic carbocycles. The summed E-state index contributed by atoms with van der Waals surface area (Å²) >= 11 is 0. The number of hydrazine groups is 1. The molecular formula is C3H5N3. The van der Waals surface area contributed by atoms with Gasteiger partial charge in [-0.1, -0.05) is 0 Å². The molecule has 3 heteroatoms. The number of nitrogens with one attached hydrogen (secondary N) is 1. The fraction of sp³-hybridized carbons (Fsp3) is 0. The molecule has 0 saturated heterocycles. The summed E-state index contributed by atoms with van der Waals surface area (Å²) in [6.45, 7) is 0. The van der Waals surface area contributed by atoms with Crippen LogP contribution in [-0.2, 0) is 0 Å². The molecule has 0 saturated carbocycles. The van der Waals surface area contributed by atoms with E-state index in [1.54, 1.807) is 12.3 Å². The average molecular weight is 83.1 g/mol. The van der Waals surface area contributed by atoms with Crippen molar-refractivity contribution in [3.05, 3.63) is 12.3 Å². The molecule has 1 aliphatic heterocycles. The lowest BCUT2D eigenvalue weighted by atomic mass is 10.5. The van der Waals surface area contributed by atoms with Gasteiger partial charge in [-0.2, -0.15) is 0 Å². The molecule has 0 atom stereocenters. The molecule has 0 radical (unpaired) electrons. The van der Waals surface area contributed by atoms with Gasteiger partial charge in [0.25, 0.3) is 0 Å². The van der Waals surface area contributed by atoms with Gasteiger partial charge in [-0.25, -0.2) is 10.8 Å². The monoisotopic (exact) mass is 83.0 g/mol. The number of hydrogen-bond donors (Lipinski definition) is 2. The van der Waals surface area contributed by atoms with Gasteiger partial charge in [0.05, 0.1) is 0 Å². The van der Waals surface area contributed by atoms with Gasteiger partial charge >= 0.3 is 0 Å². The molecule has 1 rings (SSSR count). The zero-order valence-corrected chi connectivity index (χ0v) is 3.18. The maximum Gasteiger partial charge on any atom is 0.141 e. The largest absolute Gasteiger partial charge is 0.308 e. The Hall–Kier alpha value is -0.830. The van der Waals surface area contributed by atoms with Gasteiger partial charge in [-0.15, -0.1) is 0 Å². The summed E-state index contributed by atoms with van der Waals surface area (Å²) in [6.07, 6.45) is 3.47. The third-order valence-corrected chi connectivity index (χ3v) is 0.594. The predicted molar refractivity (Wildman–Crippen MR) is 23.9 cm³/mol. The molecule has 1 heterocycles. The van der Waals surface area contributed by atoms with Crippen molar-refractivity contribution in [3.8, 4) is 0 Å². The van der Waals surface area contributed by atoms with Crippen molar-refractivity contribution in [1.29, 1.82) is 0 Å². The van der Waals surface area contributed by atoms with Crippen molar-refractivity contribution in [2.75, 3.05) is 0 Å².